The highest BCUT2D eigenvalue weighted by atomic mass is 16.6. The van der Waals surface area contributed by atoms with Gasteiger partial charge in [0.05, 0.1) is 18.0 Å². The van der Waals surface area contributed by atoms with E-state index in [4.69, 9.17) is 4.74 Å². The van der Waals surface area contributed by atoms with E-state index in [2.05, 4.69) is 15.4 Å². The van der Waals surface area contributed by atoms with Gasteiger partial charge in [0, 0.05) is 26.1 Å². The summed E-state index contributed by atoms with van der Waals surface area (Å²) in [5.41, 5.74) is 2.18. The first kappa shape index (κ1) is 17.5. The number of nitrogens with one attached hydrogen (secondary N) is 1. The Bertz CT molecular complexity index is 717. The molecule has 2 aromatic rings. The number of ether oxygens (including phenoxy) is 1. The summed E-state index contributed by atoms with van der Waals surface area (Å²) in [4.78, 5) is 17.3. The average molecular weight is 345 g/mol. The van der Waals surface area contributed by atoms with Crippen LogP contribution in [0.5, 0.6) is 0 Å². The first-order valence-electron chi connectivity index (χ1n) is 9.06. The molecule has 1 amide bonds. The Kier molecular flexibility index (Phi) is 5.40. The van der Waals surface area contributed by atoms with Gasteiger partial charge < -0.3 is 15.0 Å². The van der Waals surface area contributed by atoms with Crippen LogP contribution in [0.2, 0.25) is 0 Å². The number of imidazole rings is 1. The first-order chi connectivity index (χ1) is 12.1. The van der Waals surface area contributed by atoms with Crippen LogP contribution in [0.4, 0.5) is 10.6 Å². The highest BCUT2D eigenvalue weighted by Crippen LogP contribution is 2.39. The molecule has 7 heteroatoms. The van der Waals surface area contributed by atoms with Gasteiger partial charge in [-0.2, -0.15) is 0 Å². The predicted molar refractivity (Wildman–Crippen MR) is 96.9 cm³/mol. The lowest BCUT2D eigenvalue weighted by atomic mass is 10.3. The molecule has 2 aromatic heterocycles. The zero-order valence-electron chi connectivity index (χ0n) is 15.2. The fourth-order valence-corrected chi connectivity index (χ4v) is 2.86. The molecule has 0 aromatic carbocycles. The van der Waals surface area contributed by atoms with E-state index >= 15 is 0 Å². The van der Waals surface area contributed by atoms with Gasteiger partial charge in [-0.1, -0.05) is 0 Å². The quantitative estimate of drug-likeness (QED) is 0.924. The second-order valence-corrected chi connectivity index (χ2v) is 6.82. The zero-order valence-corrected chi connectivity index (χ0v) is 15.2. The molecule has 136 valence electrons. The molecule has 3 heterocycles. The number of hydrogen-bond donors (Lipinski definition) is 1. The summed E-state index contributed by atoms with van der Waals surface area (Å²) in [5.74, 6) is 1.57. The molecule has 1 saturated heterocycles. The number of fused-ring (bicyclic) bond motifs is 1. The van der Waals surface area contributed by atoms with Crippen molar-refractivity contribution in [1.29, 1.82) is 0 Å². The maximum atomic E-state index is 11.2. The molecule has 0 radical (unpaired) electrons. The van der Waals surface area contributed by atoms with Gasteiger partial charge in [-0.3, -0.25) is 0 Å². The van der Waals surface area contributed by atoms with Crippen LogP contribution >= 0.6 is 0 Å². The van der Waals surface area contributed by atoms with Gasteiger partial charge in [-0.25, -0.2) is 14.3 Å². The minimum Gasteiger partial charge on any atom is -0.447 e. The molecule has 7 nitrogen and oxygen atoms in total. The largest absolute Gasteiger partial charge is 0.447 e. The van der Waals surface area contributed by atoms with E-state index in [1.165, 1.54) is 18.5 Å². The normalized spacial score (nSPS) is 16.7. The molecule has 0 bridgehead atoms. The summed E-state index contributed by atoms with van der Waals surface area (Å²) >= 11 is 0. The molecule has 0 unspecified atom stereocenters. The van der Waals surface area contributed by atoms with Gasteiger partial charge >= 0.3 is 6.09 Å². The Hall–Kier alpha value is -2.31. The molecule has 2 fully saturated rings. The second-order valence-electron chi connectivity index (χ2n) is 6.82. The number of hydrogen-bond acceptors (Lipinski definition) is 5. The molecular weight excluding hydrogens is 318 g/mol. The van der Waals surface area contributed by atoms with Crippen molar-refractivity contribution in [2.24, 2.45) is 0 Å². The average Bonchev–Trinajstić information content (AvgIpc) is 3.13. The SMILES string of the molecule is CC(C)OC(=O)N1CCCC1.CNc1ccc2ncc(C3CC3)n2n1. The van der Waals surface area contributed by atoms with Crippen molar-refractivity contribution in [2.45, 2.75) is 51.6 Å². The smallest absolute Gasteiger partial charge is 0.410 e. The Morgan fingerprint density at radius 3 is 2.60 bits per heavy atom. The number of carbonyl (C=O) groups is 1. The van der Waals surface area contributed by atoms with Crippen molar-refractivity contribution >= 4 is 17.6 Å². The topological polar surface area (TPSA) is 71.8 Å². The number of anilines is 1. The lowest BCUT2D eigenvalue weighted by Crippen LogP contribution is -2.30. The van der Waals surface area contributed by atoms with Crippen molar-refractivity contribution in [3.8, 4) is 0 Å². The minimum absolute atomic E-state index is 0.00287. The van der Waals surface area contributed by atoms with E-state index in [0.717, 1.165) is 37.4 Å². The monoisotopic (exact) mass is 345 g/mol. The van der Waals surface area contributed by atoms with E-state index in [-0.39, 0.29) is 12.2 Å². The summed E-state index contributed by atoms with van der Waals surface area (Å²) in [7, 11) is 1.88. The third-order valence-electron chi connectivity index (χ3n) is 4.34. The van der Waals surface area contributed by atoms with Crippen LogP contribution in [0.15, 0.2) is 18.3 Å². The third kappa shape index (κ3) is 4.41. The van der Waals surface area contributed by atoms with Crippen molar-refractivity contribution in [3.63, 3.8) is 0 Å². The van der Waals surface area contributed by atoms with Crippen LogP contribution in [0.25, 0.3) is 5.65 Å². The number of likely N-dealkylation sites (tertiary alicyclic amines) is 1. The van der Waals surface area contributed by atoms with Gasteiger partial charge in [0.1, 0.15) is 5.82 Å². The Labute approximate surface area is 148 Å². The fraction of sp³-hybridized carbons (Fsp3) is 0.611. The summed E-state index contributed by atoms with van der Waals surface area (Å²) < 4.78 is 6.97. The van der Waals surface area contributed by atoms with Gasteiger partial charge in [0.15, 0.2) is 5.65 Å². The Morgan fingerprint density at radius 1 is 1.28 bits per heavy atom. The Morgan fingerprint density at radius 2 is 2.00 bits per heavy atom. The fourth-order valence-electron chi connectivity index (χ4n) is 2.86. The van der Waals surface area contributed by atoms with E-state index in [0.29, 0.717) is 5.92 Å². The van der Waals surface area contributed by atoms with Crippen LogP contribution in [-0.2, 0) is 4.74 Å². The molecule has 1 saturated carbocycles. The summed E-state index contributed by atoms with van der Waals surface area (Å²) in [6, 6.07) is 3.93. The van der Waals surface area contributed by atoms with Crippen molar-refractivity contribution in [2.75, 3.05) is 25.5 Å². The maximum absolute atomic E-state index is 11.2. The van der Waals surface area contributed by atoms with E-state index in [1.54, 1.807) is 4.90 Å². The van der Waals surface area contributed by atoms with Crippen LogP contribution in [-0.4, -0.2) is 51.8 Å². The lowest BCUT2D eigenvalue weighted by Gasteiger charge is -2.16. The molecule has 2 aliphatic rings. The minimum atomic E-state index is -0.155. The molecule has 1 aliphatic carbocycles. The zero-order chi connectivity index (χ0) is 17.8. The first-order valence-corrected chi connectivity index (χ1v) is 9.06. The molecule has 0 atom stereocenters. The molecular formula is C18H27N5O2. The summed E-state index contributed by atoms with van der Waals surface area (Å²) in [6.45, 7) is 5.47. The van der Waals surface area contributed by atoms with Crippen LogP contribution in [0, 0.1) is 0 Å². The van der Waals surface area contributed by atoms with Crippen molar-refractivity contribution in [3.05, 3.63) is 24.0 Å². The van der Waals surface area contributed by atoms with Crippen LogP contribution in [0.3, 0.4) is 0 Å². The van der Waals surface area contributed by atoms with Crippen molar-refractivity contribution < 1.29 is 9.53 Å². The highest BCUT2D eigenvalue weighted by molar-refractivity contribution is 5.68. The standard InChI is InChI=1S/C10H12N4.C8H15NO2/c1-11-9-4-5-10-12-6-8(7-2-3-7)14(10)13-9;1-7(2)11-8(10)9-5-3-4-6-9/h4-7H,2-3H2,1H3,(H,11,13);7H,3-6H2,1-2H3. The van der Waals surface area contributed by atoms with E-state index in [9.17, 15) is 4.79 Å². The number of carbonyl (C=O) groups excluding carboxylic acids is 1. The second kappa shape index (κ2) is 7.72. The van der Waals surface area contributed by atoms with E-state index in [1.807, 2.05) is 43.7 Å². The number of aromatic nitrogens is 3. The van der Waals surface area contributed by atoms with E-state index < -0.39 is 0 Å². The van der Waals surface area contributed by atoms with Gasteiger partial charge in [0.2, 0.25) is 0 Å². The van der Waals surface area contributed by atoms with Crippen LogP contribution in [0.1, 0.15) is 51.1 Å². The molecule has 0 spiro atoms. The third-order valence-corrected chi connectivity index (χ3v) is 4.34. The van der Waals surface area contributed by atoms with Gasteiger partial charge in [-0.05, 0) is 51.7 Å². The molecule has 25 heavy (non-hydrogen) atoms. The maximum Gasteiger partial charge on any atom is 0.410 e. The summed E-state index contributed by atoms with van der Waals surface area (Å²) in [6.07, 6.45) is 6.58. The van der Waals surface area contributed by atoms with Gasteiger partial charge in [0.25, 0.3) is 0 Å². The lowest BCUT2D eigenvalue weighted by molar-refractivity contribution is 0.0837. The van der Waals surface area contributed by atoms with Crippen LogP contribution < -0.4 is 5.32 Å². The molecule has 1 aliphatic heterocycles. The molecule has 4 rings (SSSR count). The number of nitrogens with zero attached hydrogens (tertiary/aromatic N) is 4. The van der Waals surface area contributed by atoms with Gasteiger partial charge in [-0.15, -0.1) is 5.10 Å². The Balaban J connectivity index is 0.000000151. The van der Waals surface area contributed by atoms with Crippen molar-refractivity contribution in [1.82, 2.24) is 19.5 Å². The molecule has 1 N–H and O–H groups in total. The highest BCUT2D eigenvalue weighted by Gasteiger charge is 2.27. The predicted octanol–water partition coefficient (Wildman–Crippen LogP) is 3.28. The number of rotatable bonds is 3. The number of amides is 1. The summed E-state index contributed by atoms with van der Waals surface area (Å²) in [5, 5.41) is 7.49.